The highest BCUT2D eigenvalue weighted by Crippen LogP contribution is 2.19. The molecule has 0 aliphatic carbocycles. The van der Waals surface area contributed by atoms with Gasteiger partial charge in [-0.25, -0.2) is 17.5 Å². The monoisotopic (exact) mass is 466 g/mol. The van der Waals surface area contributed by atoms with Gasteiger partial charge in [-0.15, -0.1) is 0 Å². The Morgan fingerprint density at radius 1 is 1.19 bits per heavy atom. The van der Waals surface area contributed by atoms with Crippen LogP contribution in [0.25, 0.3) is 11.4 Å². The smallest absolute Gasteiger partial charge is 0.240 e. The molecule has 8 nitrogen and oxygen atoms in total. The lowest BCUT2D eigenvalue weighted by molar-refractivity contribution is -0.121. The first kappa shape index (κ1) is 22.9. The van der Waals surface area contributed by atoms with Crippen molar-refractivity contribution in [2.75, 3.05) is 13.1 Å². The van der Waals surface area contributed by atoms with Crippen molar-refractivity contribution in [1.29, 1.82) is 0 Å². The largest absolute Gasteiger partial charge is 0.355 e. The Labute approximate surface area is 183 Å². The maximum Gasteiger partial charge on any atom is 0.240 e. The predicted octanol–water partition coefficient (Wildman–Crippen LogP) is 2.86. The van der Waals surface area contributed by atoms with E-state index in [2.05, 4.69) is 20.2 Å². The summed E-state index contributed by atoms with van der Waals surface area (Å²) in [6, 6.07) is 10.4. The third-order valence-corrected chi connectivity index (χ3v) is 5.99. The molecule has 2 aromatic carbocycles. The van der Waals surface area contributed by atoms with E-state index in [1.165, 1.54) is 18.2 Å². The molecular formula is C20H20ClFN4O4S. The second-order valence-electron chi connectivity index (χ2n) is 6.68. The van der Waals surface area contributed by atoms with Gasteiger partial charge >= 0.3 is 0 Å². The molecule has 1 amide bonds. The molecule has 1 aromatic heterocycles. The molecule has 0 saturated carbocycles. The van der Waals surface area contributed by atoms with Gasteiger partial charge in [-0.1, -0.05) is 22.8 Å². The van der Waals surface area contributed by atoms with Crippen LogP contribution < -0.4 is 10.0 Å². The summed E-state index contributed by atoms with van der Waals surface area (Å²) in [5.41, 5.74) is 1.08. The molecule has 0 spiro atoms. The zero-order chi connectivity index (χ0) is 22.4. The molecule has 1 heterocycles. The van der Waals surface area contributed by atoms with Gasteiger partial charge in [0, 0.05) is 36.5 Å². The first-order valence-electron chi connectivity index (χ1n) is 9.35. The second-order valence-corrected chi connectivity index (χ2v) is 8.88. The minimum absolute atomic E-state index is 0.0230. The summed E-state index contributed by atoms with van der Waals surface area (Å²) < 4.78 is 45.2. The van der Waals surface area contributed by atoms with E-state index in [9.17, 15) is 17.6 Å². The van der Waals surface area contributed by atoms with Gasteiger partial charge in [0.1, 0.15) is 5.82 Å². The molecular weight excluding hydrogens is 447 g/mol. The zero-order valence-electron chi connectivity index (χ0n) is 16.6. The maximum atomic E-state index is 13.4. The van der Waals surface area contributed by atoms with Gasteiger partial charge in [0.15, 0.2) is 0 Å². The molecule has 11 heteroatoms. The average molecular weight is 467 g/mol. The lowest BCUT2D eigenvalue weighted by Crippen LogP contribution is -2.34. The van der Waals surface area contributed by atoms with Crippen LogP contribution in [0.2, 0.25) is 5.02 Å². The van der Waals surface area contributed by atoms with Gasteiger partial charge in [0.25, 0.3) is 0 Å². The molecule has 0 saturated heterocycles. The number of benzene rings is 2. The highest BCUT2D eigenvalue weighted by molar-refractivity contribution is 7.89. The van der Waals surface area contributed by atoms with Crippen molar-refractivity contribution >= 4 is 27.5 Å². The molecule has 0 radical (unpaired) electrons. The van der Waals surface area contributed by atoms with Crippen molar-refractivity contribution in [3.8, 4) is 11.4 Å². The third kappa shape index (κ3) is 6.33. The number of hydrogen-bond acceptors (Lipinski definition) is 6. The number of sulfonamides is 1. The number of carbonyl (C=O) groups excluding carboxylic acids is 1. The third-order valence-electron chi connectivity index (χ3n) is 4.30. The van der Waals surface area contributed by atoms with Crippen LogP contribution in [0.1, 0.15) is 17.9 Å². The molecule has 31 heavy (non-hydrogen) atoms. The number of halogens is 2. The molecule has 0 aliphatic rings. The Bertz CT molecular complexity index is 1180. The van der Waals surface area contributed by atoms with Gasteiger partial charge in [-0.05, 0) is 48.9 Å². The lowest BCUT2D eigenvalue weighted by atomic mass is 10.1. The summed E-state index contributed by atoms with van der Waals surface area (Å²) in [7, 11) is -3.71. The van der Waals surface area contributed by atoms with Crippen molar-refractivity contribution in [1.82, 2.24) is 20.2 Å². The number of aromatic nitrogens is 2. The van der Waals surface area contributed by atoms with E-state index in [1.54, 1.807) is 31.2 Å². The second kappa shape index (κ2) is 9.99. The minimum atomic E-state index is -3.71. The van der Waals surface area contributed by atoms with Gasteiger partial charge in [0.05, 0.1) is 4.90 Å². The number of amides is 1. The average Bonchev–Trinajstić information content (AvgIpc) is 3.21. The number of rotatable bonds is 9. The van der Waals surface area contributed by atoms with Gasteiger partial charge in [-0.3, -0.25) is 4.79 Å². The number of nitrogens with zero attached hydrogens (tertiary/aromatic N) is 2. The molecule has 2 N–H and O–H groups in total. The number of aryl methyl sites for hydroxylation is 2. The van der Waals surface area contributed by atoms with Gasteiger partial charge in [0.2, 0.25) is 27.6 Å². The fourth-order valence-electron chi connectivity index (χ4n) is 2.67. The van der Waals surface area contributed by atoms with Crippen molar-refractivity contribution < 1.29 is 22.1 Å². The Morgan fingerprint density at radius 2 is 2.00 bits per heavy atom. The first-order valence-corrected chi connectivity index (χ1v) is 11.2. The first-order chi connectivity index (χ1) is 14.7. The van der Waals surface area contributed by atoms with Crippen LogP contribution in [-0.2, 0) is 21.2 Å². The molecule has 0 bridgehead atoms. The van der Waals surface area contributed by atoms with E-state index in [1.807, 2.05) is 0 Å². The normalized spacial score (nSPS) is 11.5. The zero-order valence-corrected chi connectivity index (χ0v) is 18.1. The van der Waals surface area contributed by atoms with Gasteiger partial charge in [-0.2, -0.15) is 4.98 Å². The maximum absolute atomic E-state index is 13.4. The van der Waals surface area contributed by atoms with E-state index >= 15 is 0 Å². The van der Waals surface area contributed by atoms with Gasteiger partial charge < -0.3 is 9.84 Å². The topological polar surface area (TPSA) is 114 Å². The summed E-state index contributed by atoms with van der Waals surface area (Å²) in [4.78, 5) is 16.2. The highest BCUT2D eigenvalue weighted by Gasteiger charge is 2.14. The number of hydrogen-bond donors (Lipinski definition) is 2. The molecule has 3 aromatic rings. The van der Waals surface area contributed by atoms with Crippen molar-refractivity contribution in [2.24, 2.45) is 0 Å². The molecule has 0 aliphatic heterocycles. The summed E-state index contributed by atoms with van der Waals surface area (Å²) in [6.07, 6.45) is 0.304. The summed E-state index contributed by atoms with van der Waals surface area (Å²) in [6.45, 7) is 1.77. The molecule has 0 atom stereocenters. The summed E-state index contributed by atoms with van der Waals surface area (Å²) >= 11 is 5.81. The molecule has 164 valence electrons. The van der Waals surface area contributed by atoms with E-state index in [0.717, 1.165) is 0 Å². The highest BCUT2D eigenvalue weighted by atomic mass is 35.5. The molecule has 3 rings (SSSR count). The van der Waals surface area contributed by atoms with Crippen LogP contribution >= 0.6 is 11.6 Å². The van der Waals surface area contributed by atoms with Crippen LogP contribution in [0.15, 0.2) is 51.9 Å². The quantitative estimate of drug-likeness (QED) is 0.469. The SMILES string of the molecule is Cc1cc(-c2noc(CCC(=O)NCCNS(=O)(=O)c3cccc(Cl)c3)n2)ccc1F. The fraction of sp³-hybridized carbons (Fsp3) is 0.250. The minimum Gasteiger partial charge on any atom is -0.355 e. The Hall–Kier alpha value is -2.82. The van der Waals surface area contributed by atoms with E-state index < -0.39 is 10.0 Å². The fourth-order valence-corrected chi connectivity index (χ4v) is 4.00. The van der Waals surface area contributed by atoms with Crippen molar-refractivity contribution in [3.63, 3.8) is 0 Å². The van der Waals surface area contributed by atoms with E-state index in [-0.39, 0.29) is 48.4 Å². The summed E-state index contributed by atoms with van der Waals surface area (Å²) in [5, 5.41) is 6.78. The van der Waals surface area contributed by atoms with Crippen molar-refractivity contribution in [3.05, 3.63) is 64.8 Å². The van der Waals surface area contributed by atoms with Crippen LogP contribution in [0.4, 0.5) is 4.39 Å². The van der Waals surface area contributed by atoms with Crippen LogP contribution in [0.5, 0.6) is 0 Å². The summed E-state index contributed by atoms with van der Waals surface area (Å²) in [5.74, 6) is -0.0268. The number of carbonyl (C=O) groups is 1. The predicted molar refractivity (Wildman–Crippen MR) is 112 cm³/mol. The van der Waals surface area contributed by atoms with Crippen LogP contribution in [0, 0.1) is 12.7 Å². The standard InChI is InChI=1S/C20H20ClFN4O4S/c1-13-11-14(5-6-17(13)22)20-25-19(30-26-20)8-7-18(27)23-9-10-24-31(28,29)16-4-2-3-15(21)12-16/h2-6,11-12,24H,7-10H2,1H3,(H,23,27). The van der Waals surface area contributed by atoms with E-state index in [4.69, 9.17) is 16.1 Å². The Morgan fingerprint density at radius 3 is 2.74 bits per heavy atom. The number of nitrogens with one attached hydrogen (secondary N) is 2. The molecule has 0 fully saturated rings. The van der Waals surface area contributed by atoms with Crippen LogP contribution in [-0.4, -0.2) is 37.6 Å². The molecule has 0 unspecified atom stereocenters. The van der Waals surface area contributed by atoms with E-state index in [0.29, 0.717) is 22.0 Å². The lowest BCUT2D eigenvalue weighted by Gasteiger charge is -2.08. The van der Waals surface area contributed by atoms with Crippen molar-refractivity contribution in [2.45, 2.75) is 24.7 Å². The Balaban J connectivity index is 1.43. The van der Waals surface area contributed by atoms with Crippen LogP contribution in [0.3, 0.4) is 0 Å². The Kier molecular flexibility index (Phi) is 7.37.